The van der Waals surface area contributed by atoms with E-state index in [2.05, 4.69) is 33.7 Å². The van der Waals surface area contributed by atoms with Crippen LogP contribution in [0.15, 0.2) is 48.5 Å². The normalized spacial score (nSPS) is 15.7. The predicted molar refractivity (Wildman–Crippen MR) is 115 cm³/mol. The number of anilines is 1. The Morgan fingerprint density at radius 1 is 1.10 bits per heavy atom. The Morgan fingerprint density at radius 2 is 1.79 bits per heavy atom. The molecule has 1 saturated heterocycles. The molecular formula is C23H31N3O3. The first-order valence-corrected chi connectivity index (χ1v) is 10.3. The van der Waals surface area contributed by atoms with Gasteiger partial charge in [-0.2, -0.15) is 0 Å². The Kier molecular flexibility index (Phi) is 8.04. The fourth-order valence-electron chi connectivity index (χ4n) is 3.29. The Labute approximate surface area is 173 Å². The molecule has 1 atom stereocenters. The van der Waals surface area contributed by atoms with Crippen LogP contribution in [-0.2, 0) is 22.6 Å². The van der Waals surface area contributed by atoms with Gasteiger partial charge in [0.15, 0.2) is 0 Å². The van der Waals surface area contributed by atoms with Gasteiger partial charge in [0, 0.05) is 31.9 Å². The molecule has 1 amide bonds. The number of hydrogen-bond acceptors (Lipinski definition) is 5. The summed E-state index contributed by atoms with van der Waals surface area (Å²) in [7, 11) is 0. The molecule has 2 aromatic carbocycles. The van der Waals surface area contributed by atoms with E-state index < -0.39 is 0 Å². The number of carbonyl (C=O) groups excluding carboxylic acids is 1. The highest BCUT2D eigenvalue weighted by molar-refractivity contribution is 5.94. The minimum Gasteiger partial charge on any atom is -0.494 e. The molecule has 6 nitrogen and oxygen atoms in total. The maximum atomic E-state index is 12.5. The summed E-state index contributed by atoms with van der Waals surface area (Å²) in [6, 6.07) is 15.5. The van der Waals surface area contributed by atoms with Crippen molar-refractivity contribution in [2.24, 2.45) is 0 Å². The van der Waals surface area contributed by atoms with Gasteiger partial charge in [0.25, 0.3) is 0 Å². The van der Waals surface area contributed by atoms with E-state index in [4.69, 9.17) is 9.47 Å². The van der Waals surface area contributed by atoms with Crippen LogP contribution in [0.1, 0.15) is 25.0 Å². The molecule has 1 aliphatic rings. The number of rotatable bonds is 9. The maximum Gasteiger partial charge on any atom is 0.241 e. The largest absolute Gasteiger partial charge is 0.494 e. The van der Waals surface area contributed by atoms with E-state index in [9.17, 15) is 4.79 Å². The summed E-state index contributed by atoms with van der Waals surface area (Å²) >= 11 is 0. The van der Waals surface area contributed by atoms with Gasteiger partial charge < -0.3 is 20.1 Å². The Balaban J connectivity index is 1.51. The van der Waals surface area contributed by atoms with E-state index in [-0.39, 0.29) is 11.9 Å². The second-order valence-electron chi connectivity index (χ2n) is 7.21. The van der Waals surface area contributed by atoms with Gasteiger partial charge in [-0.15, -0.1) is 0 Å². The Bertz CT molecular complexity index is 773. The van der Waals surface area contributed by atoms with Gasteiger partial charge >= 0.3 is 0 Å². The lowest BCUT2D eigenvalue weighted by molar-refractivity contribution is -0.117. The average Bonchev–Trinajstić information content (AvgIpc) is 2.75. The number of nitrogens with one attached hydrogen (secondary N) is 2. The smallest absolute Gasteiger partial charge is 0.241 e. The molecule has 156 valence electrons. The Morgan fingerprint density at radius 3 is 2.48 bits per heavy atom. The topological polar surface area (TPSA) is 62.8 Å². The highest BCUT2D eigenvalue weighted by atomic mass is 16.5. The third-order valence-electron chi connectivity index (χ3n) is 5.04. The van der Waals surface area contributed by atoms with Crippen molar-refractivity contribution in [3.8, 4) is 5.75 Å². The van der Waals surface area contributed by atoms with Crippen LogP contribution < -0.4 is 15.4 Å². The molecule has 0 radical (unpaired) electrons. The van der Waals surface area contributed by atoms with Crippen molar-refractivity contribution in [1.29, 1.82) is 0 Å². The Hall–Kier alpha value is -2.41. The van der Waals surface area contributed by atoms with Crippen molar-refractivity contribution in [2.75, 3.05) is 38.2 Å². The van der Waals surface area contributed by atoms with Crippen LogP contribution >= 0.6 is 0 Å². The number of ether oxygens (including phenoxy) is 2. The lowest BCUT2D eigenvalue weighted by Gasteiger charge is -2.27. The molecule has 6 heteroatoms. The summed E-state index contributed by atoms with van der Waals surface area (Å²) in [5, 5.41) is 6.30. The van der Waals surface area contributed by atoms with E-state index >= 15 is 0 Å². The molecule has 1 aliphatic heterocycles. The lowest BCUT2D eigenvalue weighted by atomic mass is 10.1. The molecule has 0 aliphatic carbocycles. The molecule has 0 spiro atoms. The predicted octanol–water partition coefficient (Wildman–Crippen LogP) is 3.03. The van der Waals surface area contributed by atoms with Crippen LogP contribution in [0.5, 0.6) is 5.75 Å². The van der Waals surface area contributed by atoms with Crippen LogP contribution in [0.25, 0.3) is 0 Å². The standard InChI is InChI=1S/C23H31N3O3/c1-3-29-22-10-8-21(9-11-22)25-23(27)18(2)24-16-19-6-4-5-7-20(19)17-26-12-14-28-15-13-26/h4-11,18,24H,3,12-17H2,1-2H3,(H,25,27). The fraction of sp³-hybridized carbons (Fsp3) is 0.435. The second-order valence-corrected chi connectivity index (χ2v) is 7.21. The van der Waals surface area contributed by atoms with Gasteiger partial charge in [-0.25, -0.2) is 0 Å². The highest BCUT2D eigenvalue weighted by Gasteiger charge is 2.15. The minimum atomic E-state index is -0.307. The SMILES string of the molecule is CCOc1ccc(NC(=O)C(C)NCc2ccccc2CN2CCOCC2)cc1. The van der Waals surface area contributed by atoms with Crippen LogP contribution in [-0.4, -0.2) is 49.8 Å². The number of benzene rings is 2. The molecule has 29 heavy (non-hydrogen) atoms. The summed E-state index contributed by atoms with van der Waals surface area (Å²) in [4.78, 5) is 14.9. The van der Waals surface area contributed by atoms with Crippen LogP contribution in [0.2, 0.25) is 0 Å². The van der Waals surface area contributed by atoms with Gasteiger partial charge in [0.05, 0.1) is 25.9 Å². The van der Waals surface area contributed by atoms with Crippen LogP contribution in [0.3, 0.4) is 0 Å². The van der Waals surface area contributed by atoms with E-state index in [0.717, 1.165) is 44.3 Å². The summed E-state index contributed by atoms with van der Waals surface area (Å²) in [6.07, 6.45) is 0. The third kappa shape index (κ3) is 6.56. The van der Waals surface area contributed by atoms with E-state index in [1.807, 2.05) is 44.2 Å². The van der Waals surface area contributed by atoms with Gasteiger partial charge in [-0.05, 0) is 49.2 Å². The minimum absolute atomic E-state index is 0.0557. The number of amides is 1. The van der Waals surface area contributed by atoms with Gasteiger partial charge in [-0.3, -0.25) is 9.69 Å². The summed E-state index contributed by atoms with van der Waals surface area (Å²) < 4.78 is 10.9. The number of nitrogens with zero attached hydrogens (tertiary/aromatic N) is 1. The van der Waals surface area contributed by atoms with E-state index in [1.165, 1.54) is 11.1 Å². The molecule has 1 heterocycles. The number of carbonyl (C=O) groups is 1. The van der Waals surface area contributed by atoms with Crippen molar-refractivity contribution in [1.82, 2.24) is 10.2 Å². The number of hydrogen-bond donors (Lipinski definition) is 2. The second kappa shape index (κ2) is 11.0. The van der Waals surface area contributed by atoms with Gasteiger partial charge in [0.1, 0.15) is 5.75 Å². The molecule has 3 rings (SSSR count). The molecule has 0 aromatic heterocycles. The molecule has 1 fully saturated rings. The molecule has 2 aromatic rings. The first-order valence-electron chi connectivity index (χ1n) is 10.3. The van der Waals surface area contributed by atoms with Gasteiger partial charge in [-0.1, -0.05) is 24.3 Å². The van der Waals surface area contributed by atoms with E-state index in [1.54, 1.807) is 0 Å². The third-order valence-corrected chi connectivity index (χ3v) is 5.04. The zero-order chi connectivity index (χ0) is 20.5. The summed E-state index contributed by atoms with van der Waals surface area (Å²) in [5.41, 5.74) is 3.28. The highest BCUT2D eigenvalue weighted by Crippen LogP contribution is 2.16. The molecule has 1 unspecified atom stereocenters. The number of morpholine rings is 1. The van der Waals surface area contributed by atoms with Crippen LogP contribution in [0.4, 0.5) is 5.69 Å². The first kappa shape index (κ1) is 21.3. The quantitative estimate of drug-likeness (QED) is 0.681. The molecule has 0 saturated carbocycles. The monoisotopic (exact) mass is 397 g/mol. The van der Waals surface area contributed by atoms with Gasteiger partial charge in [0.2, 0.25) is 5.91 Å². The summed E-state index contributed by atoms with van der Waals surface area (Å²) in [6.45, 7) is 9.53. The maximum absolute atomic E-state index is 12.5. The zero-order valence-electron chi connectivity index (χ0n) is 17.3. The molecular weight excluding hydrogens is 366 g/mol. The molecule has 0 bridgehead atoms. The summed E-state index contributed by atoms with van der Waals surface area (Å²) in [5.74, 6) is 0.744. The van der Waals surface area contributed by atoms with Crippen molar-refractivity contribution < 1.29 is 14.3 Å². The lowest BCUT2D eigenvalue weighted by Crippen LogP contribution is -2.38. The van der Waals surface area contributed by atoms with Crippen molar-refractivity contribution in [3.05, 3.63) is 59.7 Å². The average molecular weight is 398 g/mol. The van der Waals surface area contributed by atoms with Crippen molar-refractivity contribution in [2.45, 2.75) is 33.0 Å². The van der Waals surface area contributed by atoms with Crippen molar-refractivity contribution >= 4 is 11.6 Å². The zero-order valence-corrected chi connectivity index (χ0v) is 17.3. The first-order chi connectivity index (χ1) is 14.2. The van der Waals surface area contributed by atoms with Crippen LogP contribution in [0, 0.1) is 0 Å². The molecule has 2 N–H and O–H groups in total. The van der Waals surface area contributed by atoms with E-state index in [0.29, 0.717) is 13.2 Å². The van der Waals surface area contributed by atoms with Crippen molar-refractivity contribution in [3.63, 3.8) is 0 Å². The fourth-order valence-corrected chi connectivity index (χ4v) is 3.29.